The van der Waals surface area contributed by atoms with Gasteiger partial charge in [0.05, 0.1) is 17.5 Å². The molecule has 8 nitrogen and oxygen atoms in total. The molecule has 1 fully saturated rings. The van der Waals surface area contributed by atoms with Crippen LogP contribution in [0.1, 0.15) is 37.2 Å². The molecule has 0 spiro atoms. The van der Waals surface area contributed by atoms with Crippen molar-refractivity contribution < 1.29 is 23.6 Å². The monoisotopic (exact) mass is 433 g/mol. The maximum absolute atomic E-state index is 12.7. The molecule has 2 aromatic rings. The van der Waals surface area contributed by atoms with Gasteiger partial charge in [0, 0.05) is 24.7 Å². The molecular weight excluding hydrogens is 410 g/mol. The van der Waals surface area contributed by atoms with Crippen LogP contribution in [0.2, 0.25) is 5.02 Å². The number of hydrogen-bond donors (Lipinski definition) is 1. The summed E-state index contributed by atoms with van der Waals surface area (Å²) in [4.78, 5) is 38.6. The molecular formula is C21H24ClN3O5. The Kier molecular flexibility index (Phi) is 7.10. The van der Waals surface area contributed by atoms with E-state index >= 15 is 0 Å². The van der Waals surface area contributed by atoms with Crippen LogP contribution in [0, 0.1) is 5.92 Å². The molecule has 0 radical (unpaired) electrons. The fraction of sp³-hybridized carbons (Fsp3) is 0.429. The zero-order valence-corrected chi connectivity index (χ0v) is 17.6. The quantitative estimate of drug-likeness (QED) is 0.703. The fourth-order valence-corrected chi connectivity index (χ4v) is 3.60. The van der Waals surface area contributed by atoms with E-state index in [0.29, 0.717) is 48.9 Å². The van der Waals surface area contributed by atoms with Gasteiger partial charge < -0.3 is 19.5 Å². The van der Waals surface area contributed by atoms with Gasteiger partial charge in [-0.05, 0) is 38.8 Å². The Hall–Kier alpha value is -2.87. The molecule has 1 saturated heterocycles. The Morgan fingerprint density at radius 2 is 2.00 bits per heavy atom. The molecule has 1 N–H and O–H groups in total. The molecule has 30 heavy (non-hydrogen) atoms. The third-order valence-electron chi connectivity index (χ3n) is 5.03. The van der Waals surface area contributed by atoms with Gasteiger partial charge in [0.1, 0.15) is 6.04 Å². The molecule has 1 aliphatic heterocycles. The molecule has 0 aliphatic carbocycles. The largest absolute Gasteiger partial charge is 0.466 e. The van der Waals surface area contributed by atoms with Crippen molar-refractivity contribution in [2.75, 3.05) is 19.7 Å². The van der Waals surface area contributed by atoms with Crippen LogP contribution in [0.25, 0.3) is 11.3 Å². The van der Waals surface area contributed by atoms with Crippen LogP contribution >= 0.6 is 11.6 Å². The highest BCUT2D eigenvalue weighted by Gasteiger charge is 2.31. The Morgan fingerprint density at radius 1 is 1.30 bits per heavy atom. The Morgan fingerprint density at radius 3 is 2.67 bits per heavy atom. The van der Waals surface area contributed by atoms with Crippen LogP contribution < -0.4 is 5.32 Å². The summed E-state index contributed by atoms with van der Waals surface area (Å²) >= 11 is 6.14. The summed E-state index contributed by atoms with van der Waals surface area (Å²) < 4.78 is 10.3. The molecule has 1 unspecified atom stereocenters. The summed E-state index contributed by atoms with van der Waals surface area (Å²) in [6.07, 6.45) is 1.10. The van der Waals surface area contributed by atoms with Crippen molar-refractivity contribution in [2.45, 2.75) is 32.7 Å². The van der Waals surface area contributed by atoms with E-state index in [4.69, 9.17) is 20.9 Å². The van der Waals surface area contributed by atoms with Gasteiger partial charge in [0.15, 0.2) is 11.5 Å². The minimum atomic E-state index is -0.739. The molecule has 1 aromatic carbocycles. The first-order valence-electron chi connectivity index (χ1n) is 9.88. The number of nitrogens with zero attached hydrogens (tertiary/aromatic N) is 2. The first-order chi connectivity index (χ1) is 14.4. The highest BCUT2D eigenvalue weighted by Crippen LogP contribution is 2.28. The van der Waals surface area contributed by atoms with Crippen molar-refractivity contribution >= 4 is 29.4 Å². The zero-order chi connectivity index (χ0) is 21.7. The van der Waals surface area contributed by atoms with E-state index in [1.807, 2.05) is 0 Å². The predicted octanol–water partition coefficient (Wildman–Crippen LogP) is 2.92. The fourth-order valence-electron chi connectivity index (χ4n) is 3.37. The standard InChI is InChI=1S/C21H24ClN3O5/c1-3-29-21(28)14-8-10-25(11-9-14)20(27)13(2)23-19(26)17-12-18(30-24-17)15-6-4-5-7-16(15)22/h4-7,12-14H,3,8-11H2,1-2H3,(H,23,26). The van der Waals surface area contributed by atoms with Gasteiger partial charge in [0.2, 0.25) is 5.91 Å². The van der Waals surface area contributed by atoms with Crippen LogP contribution in [0.15, 0.2) is 34.9 Å². The van der Waals surface area contributed by atoms with E-state index < -0.39 is 11.9 Å². The number of halogens is 1. The number of piperidine rings is 1. The van der Waals surface area contributed by atoms with E-state index in [-0.39, 0.29) is 23.5 Å². The zero-order valence-electron chi connectivity index (χ0n) is 16.9. The molecule has 1 aliphatic rings. The first-order valence-corrected chi connectivity index (χ1v) is 10.3. The Balaban J connectivity index is 1.55. The SMILES string of the molecule is CCOC(=O)C1CCN(C(=O)C(C)NC(=O)c2cc(-c3ccccc3Cl)on2)CC1. The number of aromatic nitrogens is 1. The van der Waals surface area contributed by atoms with E-state index in [1.165, 1.54) is 6.07 Å². The van der Waals surface area contributed by atoms with Crippen molar-refractivity contribution in [1.82, 2.24) is 15.4 Å². The third kappa shape index (κ3) is 4.99. The van der Waals surface area contributed by atoms with Gasteiger partial charge in [0.25, 0.3) is 5.91 Å². The van der Waals surface area contributed by atoms with Crippen LogP contribution in [0.3, 0.4) is 0 Å². The van der Waals surface area contributed by atoms with Crippen molar-refractivity contribution in [3.05, 3.63) is 41.0 Å². The van der Waals surface area contributed by atoms with Gasteiger partial charge in [-0.3, -0.25) is 14.4 Å². The lowest BCUT2D eigenvalue weighted by Crippen LogP contribution is -2.50. The highest BCUT2D eigenvalue weighted by molar-refractivity contribution is 6.33. The molecule has 160 valence electrons. The maximum atomic E-state index is 12.7. The van der Waals surface area contributed by atoms with Crippen molar-refractivity contribution in [3.8, 4) is 11.3 Å². The Labute approximate surface area is 179 Å². The number of carbonyl (C=O) groups is 3. The molecule has 2 amide bonds. The van der Waals surface area contributed by atoms with Crippen LogP contribution in [0.5, 0.6) is 0 Å². The molecule has 3 rings (SSSR count). The topological polar surface area (TPSA) is 102 Å². The van der Waals surface area contributed by atoms with Crippen LogP contribution in [-0.4, -0.2) is 53.6 Å². The van der Waals surface area contributed by atoms with Gasteiger partial charge >= 0.3 is 5.97 Å². The van der Waals surface area contributed by atoms with Crippen molar-refractivity contribution in [3.63, 3.8) is 0 Å². The van der Waals surface area contributed by atoms with E-state index in [9.17, 15) is 14.4 Å². The van der Waals surface area contributed by atoms with E-state index in [0.717, 1.165) is 0 Å². The normalized spacial score (nSPS) is 15.5. The minimum absolute atomic E-state index is 0.0607. The highest BCUT2D eigenvalue weighted by atomic mass is 35.5. The lowest BCUT2D eigenvalue weighted by atomic mass is 9.96. The summed E-state index contributed by atoms with van der Waals surface area (Å²) in [5.41, 5.74) is 0.685. The number of esters is 1. The Bertz CT molecular complexity index is 921. The number of likely N-dealkylation sites (tertiary alicyclic amines) is 1. The van der Waals surface area contributed by atoms with Crippen LogP contribution in [-0.2, 0) is 14.3 Å². The number of rotatable bonds is 6. The second kappa shape index (κ2) is 9.75. The summed E-state index contributed by atoms with van der Waals surface area (Å²) in [5.74, 6) is -0.755. The average molecular weight is 434 g/mol. The van der Waals surface area contributed by atoms with Gasteiger partial charge in [-0.15, -0.1) is 0 Å². The minimum Gasteiger partial charge on any atom is -0.466 e. The molecule has 1 atom stereocenters. The number of ether oxygens (including phenoxy) is 1. The van der Waals surface area contributed by atoms with Crippen LogP contribution in [0.4, 0.5) is 0 Å². The van der Waals surface area contributed by atoms with Gasteiger partial charge in [-0.2, -0.15) is 0 Å². The van der Waals surface area contributed by atoms with E-state index in [2.05, 4.69) is 10.5 Å². The summed E-state index contributed by atoms with van der Waals surface area (Å²) in [6.45, 7) is 4.63. The first kappa shape index (κ1) is 21.8. The molecule has 1 aromatic heterocycles. The molecule has 0 bridgehead atoms. The predicted molar refractivity (Wildman–Crippen MR) is 110 cm³/mol. The lowest BCUT2D eigenvalue weighted by molar-refractivity contribution is -0.151. The third-order valence-corrected chi connectivity index (χ3v) is 5.36. The number of nitrogens with one attached hydrogen (secondary N) is 1. The average Bonchev–Trinajstić information content (AvgIpc) is 3.24. The summed E-state index contributed by atoms with van der Waals surface area (Å²) in [5, 5.41) is 6.91. The van der Waals surface area contributed by atoms with Crippen molar-refractivity contribution in [1.29, 1.82) is 0 Å². The second-order valence-electron chi connectivity index (χ2n) is 7.10. The summed E-state index contributed by atoms with van der Waals surface area (Å²) in [6, 6.07) is 7.81. The molecule has 2 heterocycles. The van der Waals surface area contributed by atoms with E-state index in [1.54, 1.807) is 43.0 Å². The lowest BCUT2D eigenvalue weighted by Gasteiger charge is -2.32. The molecule has 9 heteroatoms. The second-order valence-corrected chi connectivity index (χ2v) is 7.51. The summed E-state index contributed by atoms with van der Waals surface area (Å²) in [7, 11) is 0. The maximum Gasteiger partial charge on any atom is 0.309 e. The number of benzene rings is 1. The number of carbonyl (C=O) groups excluding carboxylic acids is 3. The number of amides is 2. The van der Waals surface area contributed by atoms with Gasteiger partial charge in [-0.25, -0.2) is 0 Å². The smallest absolute Gasteiger partial charge is 0.309 e. The van der Waals surface area contributed by atoms with Gasteiger partial charge in [-0.1, -0.05) is 28.9 Å². The number of hydrogen-bond acceptors (Lipinski definition) is 6. The molecule has 0 saturated carbocycles. The van der Waals surface area contributed by atoms with Crippen molar-refractivity contribution in [2.24, 2.45) is 5.92 Å².